The minimum Gasteiger partial charge on any atom is -0.350 e. The molecule has 0 saturated carbocycles. The van der Waals surface area contributed by atoms with E-state index in [9.17, 15) is 4.79 Å². The average Bonchev–Trinajstić information content (AvgIpc) is 3.25. The topological polar surface area (TPSA) is 45.2 Å². The van der Waals surface area contributed by atoms with Crippen molar-refractivity contribution in [3.8, 4) is 0 Å². The zero-order chi connectivity index (χ0) is 16.5. The number of hydrogen-bond donors (Lipinski definition) is 1. The summed E-state index contributed by atoms with van der Waals surface area (Å²) in [6, 6.07) is 8.53. The molecule has 1 amide bonds. The number of fused-ring (bicyclic) bond motifs is 2. The van der Waals surface area contributed by atoms with E-state index in [0.29, 0.717) is 6.04 Å². The summed E-state index contributed by atoms with van der Waals surface area (Å²) in [7, 11) is 0. The normalized spacial score (nSPS) is 20.5. The summed E-state index contributed by atoms with van der Waals surface area (Å²) in [4.78, 5) is 20.3. The van der Waals surface area contributed by atoms with E-state index in [1.807, 2.05) is 24.3 Å². The van der Waals surface area contributed by atoms with Gasteiger partial charge in [-0.3, -0.25) is 14.7 Å². The lowest BCUT2D eigenvalue weighted by molar-refractivity contribution is 0.0942. The summed E-state index contributed by atoms with van der Waals surface area (Å²) in [5, 5.41) is 4.21. The SMILES string of the molecule is CCN1CCC[C@@H]1CNC(=O)c1c2c(nc3ccccc13)CCC2. The molecular formula is C20H25N3O. The molecule has 1 aliphatic carbocycles. The molecule has 4 rings (SSSR count). The monoisotopic (exact) mass is 323 g/mol. The molecule has 0 radical (unpaired) electrons. The Morgan fingerprint density at radius 2 is 2.17 bits per heavy atom. The first-order valence-corrected chi connectivity index (χ1v) is 9.20. The van der Waals surface area contributed by atoms with Gasteiger partial charge in [-0.15, -0.1) is 0 Å². The predicted molar refractivity (Wildman–Crippen MR) is 96.4 cm³/mol. The molecule has 2 aromatic rings. The van der Waals surface area contributed by atoms with E-state index in [0.717, 1.165) is 61.1 Å². The summed E-state index contributed by atoms with van der Waals surface area (Å²) in [6.45, 7) is 5.17. The van der Waals surface area contributed by atoms with Crippen molar-refractivity contribution < 1.29 is 4.79 Å². The van der Waals surface area contributed by atoms with Gasteiger partial charge in [0.25, 0.3) is 5.91 Å². The number of aromatic nitrogens is 1. The van der Waals surface area contributed by atoms with Crippen LogP contribution >= 0.6 is 0 Å². The zero-order valence-electron chi connectivity index (χ0n) is 14.3. The maximum atomic E-state index is 13.0. The smallest absolute Gasteiger partial charge is 0.252 e. The summed E-state index contributed by atoms with van der Waals surface area (Å²) in [5.74, 6) is 0.0784. The van der Waals surface area contributed by atoms with Gasteiger partial charge in [-0.25, -0.2) is 0 Å². The number of amides is 1. The summed E-state index contributed by atoms with van der Waals surface area (Å²) in [6.07, 6.45) is 5.49. The first-order chi connectivity index (χ1) is 11.8. The van der Waals surface area contributed by atoms with Crippen molar-refractivity contribution in [2.45, 2.75) is 45.1 Å². The lowest BCUT2D eigenvalue weighted by Gasteiger charge is -2.23. The van der Waals surface area contributed by atoms with Crippen molar-refractivity contribution in [1.82, 2.24) is 15.2 Å². The van der Waals surface area contributed by atoms with Crippen LogP contribution in [0.3, 0.4) is 0 Å². The fourth-order valence-corrected chi connectivity index (χ4v) is 4.31. The van der Waals surface area contributed by atoms with E-state index >= 15 is 0 Å². The van der Waals surface area contributed by atoms with Gasteiger partial charge in [-0.1, -0.05) is 25.1 Å². The summed E-state index contributed by atoms with van der Waals surface area (Å²) >= 11 is 0. The van der Waals surface area contributed by atoms with Crippen molar-refractivity contribution in [3.63, 3.8) is 0 Å². The molecule has 24 heavy (non-hydrogen) atoms. The lowest BCUT2D eigenvalue weighted by atomic mass is 10.0. The third kappa shape index (κ3) is 2.69. The van der Waals surface area contributed by atoms with E-state index in [2.05, 4.69) is 17.1 Å². The fourth-order valence-electron chi connectivity index (χ4n) is 4.31. The standard InChI is InChI=1S/C20H25N3O/c1-2-23-12-6-7-14(23)13-21-20(24)19-15-8-3-4-10-17(15)22-18-11-5-9-16(18)19/h3-4,8,10,14H,2,5-7,9,11-13H2,1H3,(H,21,24)/t14-/m1/s1. The van der Waals surface area contributed by atoms with Gasteiger partial charge < -0.3 is 5.32 Å². The first kappa shape index (κ1) is 15.6. The number of aryl methyl sites for hydroxylation is 1. The van der Waals surface area contributed by atoms with E-state index in [1.54, 1.807) is 0 Å². The minimum absolute atomic E-state index is 0.0784. The third-order valence-corrected chi connectivity index (χ3v) is 5.55. The Balaban J connectivity index is 1.62. The van der Waals surface area contributed by atoms with Crippen molar-refractivity contribution in [2.75, 3.05) is 19.6 Å². The molecule has 1 aromatic heterocycles. The van der Waals surface area contributed by atoms with Crippen LogP contribution in [0.15, 0.2) is 24.3 Å². The van der Waals surface area contributed by atoms with E-state index in [-0.39, 0.29) is 5.91 Å². The van der Waals surface area contributed by atoms with Crippen LogP contribution in [-0.4, -0.2) is 41.5 Å². The molecule has 1 N–H and O–H groups in total. The van der Waals surface area contributed by atoms with Gasteiger partial charge in [0.1, 0.15) is 0 Å². The summed E-state index contributed by atoms with van der Waals surface area (Å²) in [5.41, 5.74) is 4.10. The van der Waals surface area contributed by atoms with Crippen LogP contribution in [0.4, 0.5) is 0 Å². The Morgan fingerprint density at radius 3 is 3.04 bits per heavy atom. The van der Waals surface area contributed by atoms with Gasteiger partial charge in [0.05, 0.1) is 11.1 Å². The fraction of sp³-hybridized carbons (Fsp3) is 0.500. The van der Waals surface area contributed by atoms with Crippen LogP contribution in [-0.2, 0) is 12.8 Å². The van der Waals surface area contributed by atoms with Gasteiger partial charge in [-0.2, -0.15) is 0 Å². The molecule has 0 spiro atoms. The Kier molecular flexibility index (Phi) is 4.23. The Labute approximate surface area is 143 Å². The number of benzene rings is 1. The highest BCUT2D eigenvalue weighted by Crippen LogP contribution is 2.30. The van der Waals surface area contributed by atoms with Gasteiger partial charge in [0, 0.05) is 23.7 Å². The molecule has 1 atom stereocenters. The van der Waals surface area contributed by atoms with Crippen LogP contribution in [0.2, 0.25) is 0 Å². The van der Waals surface area contributed by atoms with Gasteiger partial charge in [-0.05, 0) is 56.8 Å². The number of likely N-dealkylation sites (tertiary alicyclic amines) is 1. The Hall–Kier alpha value is -1.94. The quantitative estimate of drug-likeness (QED) is 0.941. The van der Waals surface area contributed by atoms with Gasteiger partial charge in [0.15, 0.2) is 0 Å². The molecule has 0 unspecified atom stereocenters. The molecule has 0 bridgehead atoms. The molecule has 126 valence electrons. The number of pyridine rings is 1. The molecule has 2 heterocycles. The van der Waals surface area contributed by atoms with Crippen LogP contribution in [0.5, 0.6) is 0 Å². The highest BCUT2D eigenvalue weighted by atomic mass is 16.1. The molecular weight excluding hydrogens is 298 g/mol. The highest BCUT2D eigenvalue weighted by Gasteiger charge is 2.26. The molecule has 4 nitrogen and oxygen atoms in total. The van der Waals surface area contributed by atoms with Crippen LogP contribution in [0.1, 0.15) is 47.8 Å². The van der Waals surface area contributed by atoms with Gasteiger partial charge >= 0.3 is 0 Å². The van der Waals surface area contributed by atoms with Crippen LogP contribution in [0.25, 0.3) is 10.9 Å². The Morgan fingerprint density at radius 1 is 1.29 bits per heavy atom. The van der Waals surface area contributed by atoms with Crippen molar-refractivity contribution in [3.05, 3.63) is 41.1 Å². The third-order valence-electron chi connectivity index (χ3n) is 5.55. The molecule has 2 aliphatic rings. The number of nitrogens with zero attached hydrogens (tertiary/aromatic N) is 2. The van der Waals surface area contributed by atoms with Gasteiger partial charge in [0.2, 0.25) is 0 Å². The van der Waals surface area contributed by atoms with Crippen molar-refractivity contribution in [2.24, 2.45) is 0 Å². The van der Waals surface area contributed by atoms with E-state index in [4.69, 9.17) is 4.98 Å². The second-order valence-electron chi connectivity index (χ2n) is 6.92. The maximum Gasteiger partial charge on any atom is 0.252 e. The predicted octanol–water partition coefficient (Wildman–Crippen LogP) is 2.94. The number of para-hydroxylation sites is 1. The maximum absolute atomic E-state index is 13.0. The van der Waals surface area contributed by atoms with Crippen LogP contribution < -0.4 is 5.32 Å². The largest absolute Gasteiger partial charge is 0.350 e. The highest BCUT2D eigenvalue weighted by molar-refractivity contribution is 6.07. The van der Waals surface area contributed by atoms with E-state index < -0.39 is 0 Å². The van der Waals surface area contributed by atoms with Crippen molar-refractivity contribution in [1.29, 1.82) is 0 Å². The minimum atomic E-state index is 0.0784. The second kappa shape index (κ2) is 6.52. The van der Waals surface area contributed by atoms with E-state index in [1.165, 1.54) is 18.4 Å². The number of carbonyl (C=O) groups is 1. The lowest BCUT2D eigenvalue weighted by Crippen LogP contribution is -2.40. The second-order valence-corrected chi connectivity index (χ2v) is 6.92. The Bertz CT molecular complexity index is 771. The molecule has 1 aromatic carbocycles. The number of rotatable bonds is 4. The molecule has 1 aliphatic heterocycles. The average molecular weight is 323 g/mol. The van der Waals surface area contributed by atoms with Crippen LogP contribution in [0, 0.1) is 0 Å². The zero-order valence-corrected chi connectivity index (χ0v) is 14.3. The number of likely N-dealkylation sites (N-methyl/N-ethyl adjacent to an activating group) is 1. The molecule has 1 saturated heterocycles. The number of hydrogen-bond acceptors (Lipinski definition) is 3. The number of nitrogens with one attached hydrogen (secondary N) is 1. The van der Waals surface area contributed by atoms with Crippen molar-refractivity contribution >= 4 is 16.8 Å². The first-order valence-electron chi connectivity index (χ1n) is 9.20. The summed E-state index contributed by atoms with van der Waals surface area (Å²) < 4.78 is 0. The number of carbonyl (C=O) groups excluding carboxylic acids is 1. The molecule has 4 heteroatoms. The molecule has 1 fully saturated rings.